The van der Waals surface area contributed by atoms with Gasteiger partial charge in [0.1, 0.15) is 11.4 Å². The zero-order valence-electron chi connectivity index (χ0n) is 17.4. The summed E-state index contributed by atoms with van der Waals surface area (Å²) in [4.78, 5) is 33.6. The number of H-pyrrole nitrogens is 1. The normalized spacial score (nSPS) is 31.1. The molecule has 6 nitrogen and oxygen atoms in total. The smallest absolute Gasteiger partial charge is 0.270 e. The van der Waals surface area contributed by atoms with E-state index in [-0.39, 0.29) is 35.4 Å². The lowest BCUT2D eigenvalue weighted by Crippen LogP contribution is -2.55. The van der Waals surface area contributed by atoms with Crippen molar-refractivity contribution in [1.29, 1.82) is 0 Å². The van der Waals surface area contributed by atoms with Crippen LogP contribution in [0.2, 0.25) is 0 Å². The number of likely N-dealkylation sites (tertiary alicyclic amines) is 2. The van der Waals surface area contributed by atoms with Crippen molar-refractivity contribution in [1.82, 2.24) is 14.8 Å². The van der Waals surface area contributed by atoms with E-state index in [1.807, 2.05) is 29.2 Å². The Hall–Kier alpha value is -2.50. The molecule has 29 heavy (non-hydrogen) atoms. The number of rotatable bonds is 2. The van der Waals surface area contributed by atoms with E-state index in [4.69, 9.17) is 4.74 Å². The van der Waals surface area contributed by atoms with Gasteiger partial charge in [0.2, 0.25) is 5.91 Å². The molecule has 2 aliphatic heterocycles. The highest BCUT2D eigenvalue weighted by molar-refractivity contribution is 6.00. The summed E-state index contributed by atoms with van der Waals surface area (Å²) in [5, 5.41) is 0.927. The van der Waals surface area contributed by atoms with Crippen LogP contribution in [-0.4, -0.2) is 58.4 Å². The van der Waals surface area contributed by atoms with Gasteiger partial charge in [0.15, 0.2) is 0 Å². The van der Waals surface area contributed by atoms with Gasteiger partial charge in [0.05, 0.1) is 13.2 Å². The van der Waals surface area contributed by atoms with Gasteiger partial charge in [-0.25, -0.2) is 0 Å². The van der Waals surface area contributed by atoms with E-state index in [0.717, 1.165) is 48.8 Å². The Morgan fingerprint density at radius 2 is 1.97 bits per heavy atom. The summed E-state index contributed by atoms with van der Waals surface area (Å²) in [6.45, 7) is 4.63. The Morgan fingerprint density at radius 1 is 1.21 bits per heavy atom. The van der Waals surface area contributed by atoms with Gasteiger partial charge in [-0.2, -0.15) is 0 Å². The fourth-order valence-electron chi connectivity index (χ4n) is 6.38. The average Bonchev–Trinajstić information content (AvgIpc) is 3.18. The molecular weight excluding hydrogens is 366 g/mol. The molecule has 5 rings (SSSR count). The average molecular weight is 396 g/mol. The van der Waals surface area contributed by atoms with E-state index < -0.39 is 0 Å². The monoisotopic (exact) mass is 395 g/mol. The van der Waals surface area contributed by atoms with Crippen molar-refractivity contribution < 1.29 is 14.3 Å². The van der Waals surface area contributed by atoms with Gasteiger partial charge in [-0.05, 0) is 37.5 Å². The molecule has 1 aliphatic carbocycles. The number of piperidine rings is 1. The van der Waals surface area contributed by atoms with Crippen LogP contribution >= 0.6 is 0 Å². The molecule has 1 saturated carbocycles. The number of nitrogens with one attached hydrogen (secondary N) is 1. The number of aromatic nitrogens is 1. The highest BCUT2D eigenvalue weighted by Crippen LogP contribution is 2.53. The third kappa shape index (κ3) is 2.61. The van der Waals surface area contributed by atoms with Crippen LogP contribution in [0.4, 0.5) is 0 Å². The second-order valence-corrected chi connectivity index (χ2v) is 9.17. The zero-order valence-corrected chi connectivity index (χ0v) is 17.4. The molecule has 2 aromatic rings. The molecule has 154 valence electrons. The van der Waals surface area contributed by atoms with Crippen molar-refractivity contribution in [3.8, 4) is 5.75 Å². The van der Waals surface area contributed by atoms with E-state index in [2.05, 4.69) is 16.8 Å². The van der Waals surface area contributed by atoms with E-state index >= 15 is 0 Å². The molecule has 3 heterocycles. The summed E-state index contributed by atoms with van der Waals surface area (Å²) in [6, 6.07) is 8.24. The molecule has 0 spiro atoms. The number of hydrogen-bond acceptors (Lipinski definition) is 3. The number of carbonyl (C=O) groups is 2. The van der Waals surface area contributed by atoms with Crippen LogP contribution in [0.25, 0.3) is 10.9 Å². The molecule has 2 bridgehead atoms. The second-order valence-electron chi connectivity index (χ2n) is 9.17. The predicted molar refractivity (Wildman–Crippen MR) is 111 cm³/mol. The van der Waals surface area contributed by atoms with Crippen molar-refractivity contribution in [2.45, 2.75) is 64.1 Å². The van der Waals surface area contributed by atoms with Crippen LogP contribution in [-0.2, 0) is 4.79 Å². The van der Waals surface area contributed by atoms with Crippen LogP contribution < -0.4 is 4.74 Å². The molecule has 1 aromatic carbocycles. The summed E-state index contributed by atoms with van der Waals surface area (Å²) in [6.07, 6.45) is 5.28. The van der Waals surface area contributed by atoms with Gasteiger partial charge in [-0.1, -0.05) is 25.8 Å². The molecule has 2 amide bonds. The van der Waals surface area contributed by atoms with Crippen molar-refractivity contribution in [2.75, 3.05) is 13.7 Å². The number of fused-ring (bicyclic) bond motifs is 2. The van der Waals surface area contributed by atoms with Crippen molar-refractivity contribution in [3.63, 3.8) is 0 Å². The fraction of sp³-hybridized carbons (Fsp3) is 0.565. The highest BCUT2D eigenvalue weighted by atomic mass is 16.5. The summed E-state index contributed by atoms with van der Waals surface area (Å²) in [5.41, 5.74) is 1.49. The molecule has 3 fully saturated rings. The number of methoxy groups -OCH3 is 1. The van der Waals surface area contributed by atoms with Gasteiger partial charge in [-0.15, -0.1) is 0 Å². The molecular formula is C23H29N3O3. The molecule has 6 heteroatoms. The zero-order chi connectivity index (χ0) is 20.3. The maximum Gasteiger partial charge on any atom is 0.270 e. The molecule has 3 aliphatic rings. The molecule has 0 unspecified atom stereocenters. The number of ether oxygens (including phenoxy) is 1. The second kappa shape index (κ2) is 6.51. The van der Waals surface area contributed by atoms with Gasteiger partial charge in [0.25, 0.3) is 5.91 Å². The molecule has 1 N–H and O–H groups in total. The number of hydrogen-bond donors (Lipinski definition) is 1. The van der Waals surface area contributed by atoms with Crippen LogP contribution in [0.5, 0.6) is 5.75 Å². The molecule has 2 saturated heterocycles. The minimum Gasteiger partial charge on any atom is -0.496 e. The number of aromatic amines is 1. The summed E-state index contributed by atoms with van der Waals surface area (Å²) < 4.78 is 5.46. The quantitative estimate of drug-likeness (QED) is 0.845. The molecule has 4 atom stereocenters. The van der Waals surface area contributed by atoms with Gasteiger partial charge >= 0.3 is 0 Å². The SMILES string of the molecule is COc1cccc2[nH]c(C(=O)N3[C@@H]4CN(C(C)=O)[C@@H]5CCCC[C@H]3[C@]5(C)C4)cc12. The van der Waals surface area contributed by atoms with E-state index in [0.29, 0.717) is 12.2 Å². The number of benzene rings is 1. The first-order valence-corrected chi connectivity index (χ1v) is 10.7. The lowest BCUT2D eigenvalue weighted by atomic mass is 9.71. The minimum atomic E-state index is -0.0234. The Morgan fingerprint density at radius 3 is 2.69 bits per heavy atom. The number of amides is 2. The standard InChI is InChI=1S/C23H29N3O3/c1-14(27)25-13-15-12-23(2)20(25)9-4-5-10-21(23)26(15)22(28)18-11-16-17(24-18)7-6-8-19(16)29-3/h6-8,11,15,20-21,24H,4-5,9-10,12-13H2,1-3H3/t15-,20+,21-,23+/m0/s1. The predicted octanol–water partition coefficient (Wildman–Crippen LogP) is 3.57. The third-order valence-electron chi connectivity index (χ3n) is 7.63. The van der Waals surface area contributed by atoms with Crippen LogP contribution in [0.1, 0.15) is 56.4 Å². The number of carbonyl (C=O) groups excluding carboxylic acids is 2. The van der Waals surface area contributed by atoms with Crippen LogP contribution in [0, 0.1) is 5.41 Å². The fourth-order valence-corrected chi connectivity index (χ4v) is 6.38. The van der Waals surface area contributed by atoms with Crippen LogP contribution in [0.15, 0.2) is 24.3 Å². The van der Waals surface area contributed by atoms with Crippen LogP contribution in [0.3, 0.4) is 0 Å². The largest absolute Gasteiger partial charge is 0.496 e. The lowest BCUT2D eigenvalue weighted by Gasteiger charge is -2.46. The lowest BCUT2D eigenvalue weighted by molar-refractivity contribution is -0.136. The third-order valence-corrected chi connectivity index (χ3v) is 7.63. The maximum atomic E-state index is 13.7. The first-order chi connectivity index (χ1) is 13.9. The summed E-state index contributed by atoms with van der Waals surface area (Å²) in [7, 11) is 1.65. The Labute approximate surface area is 171 Å². The van der Waals surface area contributed by atoms with E-state index in [1.54, 1.807) is 14.0 Å². The first-order valence-electron chi connectivity index (χ1n) is 10.7. The highest BCUT2D eigenvalue weighted by Gasteiger charge is 2.60. The molecule has 0 radical (unpaired) electrons. The maximum absolute atomic E-state index is 13.7. The summed E-state index contributed by atoms with van der Waals surface area (Å²) >= 11 is 0. The van der Waals surface area contributed by atoms with E-state index in [9.17, 15) is 9.59 Å². The Balaban J connectivity index is 1.56. The van der Waals surface area contributed by atoms with Crippen molar-refractivity contribution in [2.24, 2.45) is 5.41 Å². The van der Waals surface area contributed by atoms with Gasteiger partial charge in [-0.3, -0.25) is 9.59 Å². The van der Waals surface area contributed by atoms with E-state index in [1.165, 1.54) is 0 Å². The topological polar surface area (TPSA) is 65.6 Å². The Bertz CT molecular complexity index is 983. The van der Waals surface area contributed by atoms with Gasteiger partial charge in [0, 0.05) is 41.9 Å². The number of nitrogens with zero attached hydrogens (tertiary/aromatic N) is 2. The van der Waals surface area contributed by atoms with Gasteiger partial charge < -0.3 is 19.5 Å². The Kier molecular flexibility index (Phi) is 4.16. The van der Waals surface area contributed by atoms with Crippen molar-refractivity contribution in [3.05, 3.63) is 30.0 Å². The minimum absolute atomic E-state index is 0.0234. The first kappa shape index (κ1) is 18.5. The summed E-state index contributed by atoms with van der Waals surface area (Å²) in [5.74, 6) is 0.950. The van der Waals surface area contributed by atoms with Crippen molar-refractivity contribution >= 4 is 22.7 Å². The molecule has 1 aromatic heterocycles.